The van der Waals surface area contributed by atoms with Crippen molar-refractivity contribution in [1.29, 1.82) is 0 Å². The second-order valence-electron chi connectivity index (χ2n) is 4.79. The van der Waals surface area contributed by atoms with Crippen LogP contribution in [-0.2, 0) is 4.74 Å². The number of ether oxygens (including phenoxy) is 1. The molecule has 0 bridgehead atoms. The monoisotopic (exact) mass is 285 g/mol. The highest BCUT2D eigenvalue weighted by Crippen LogP contribution is 2.31. The number of hydrogen-bond donors (Lipinski definition) is 1. The van der Waals surface area contributed by atoms with Crippen LogP contribution >= 0.6 is 11.8 Å². The van der Waals surface area contributed by atoms with Crippen molar-refractivity contribution in [3.63, 3.8) is 0 Å². The molecule has 0 spiro atoms. The molecule has 0 amide bonds. The lowest BCUT2D eigenvalue weighted by Gasteiger charge is -2.10. The minimum Gasteiger partial charge on any atom is -0.385 e. The zero-order valence-corrected chi connectivity index (χ0v) is 12.4. The van der Waals surface area contributed by atoms with Gasteiger partial charge in [-0.3, -0.25) is 0 Å². The van der Waals surface area contributed by atoms with Gasteiger partial charge in [-0.2, -0.15) is 0 Å². The van der Waals surface area contributed by atoms with Crippen LogP contribution in [0.1, 0.15) is 38.1 Å². The first-order valence-electron chi connectivity index (χ1n) is 7.02. The minimum atomic E-state index is 0.521. The topological polar surface area (TPSA) is 64.9 Å². The number of nitrogens with one attached hydrogen (secondary N) is 1. The molecule has 1 fully saturated rings. The first-order chi connectivity index (χ1) is 9.42. The van der Waals surface area contributed by atoms with Crippen LogP contribution in [0.4, 0.5) is 0 Å². The standard InChI is InChI=1S/C12H23N5OS/c1-18-9-4-7-13-8-10-19-12-14-15-16-17(12)11-5-2-3-6-11/h11,13H,2-10H2,1H3. The zero-order valence-electron chi connectivity index (χ0n) is 11.5. The van der Waals surface area contributed by atoms with E-state index in [0.717, 1.165) is 37.0 Å². The van der Waals surface area contributed by atoms with E-state index < -0.39 is 0 Å². The number of aromatic nitrogens is 4. The van der Waals surface area contributed by atoms with Gasteiger partial charge in [0.2, 0.25) is 5.16 Å². The molecule has 1 aliphatic carbocycles. The molecule has 0 aliphatic heterocycles. The van der Waals surface area contributed by atoms with E-state index in [1.807, 2.05) is 4.68 Å². The Labute approximate surface area is 118 Å². The van der Waals surface area contributed by atoms with Crippen LogP contribution in [0.3, 0.4) is 0 Å². The van der Waals surface area contributed by atoms with Crippen molar-refractivity contribution < 1.29 is 4.74 Å². The number of thioether (sulfide) groups is 1. The fraction of sp³-hybridized carbons (Fsp3) is 0.917. The Morgan fingerprint density at radius 2 is 2.21 bits per heavy atom. The van der Waals surface area contributed by atoms with Gasteiger partial charge >= 0.3 is 0 Å². The van der Waals surface area contributed by atoms with Gasteiger partial charge in [-0.15, -0.1) is 5.10 Å². The van der Waals surface area contributed by atoms with Gasteiger partial charge in [-0.05, 0) is 36.2 Å². The van der Waals surface area contributed by atoms with Gasteiger partial charge in [0, 0.05) is 26.0 Å². The predicted molar refractivity (Wildman–Crippen MR) is 75.4 cm³/mol. The van der Waals surface area contributed by atoms with E-state index in [0.29, 0.717) is 6.04 Å². The molecule has 0 saturated heterocycles. The van der Waals surface area contributed by atoms with Gasteiger partial charge in [0.15, 0.2) is 0 Å². The zero-order chi connectivity index (χ0) is 13.3. The van der Waals surface area contributed by atoms with Gasteiger partial charge in [0.1, 0.15) is 0 Å². The molecule has 0 radical (unpaired) electrons. The Bertz CT molecular complexity index is 354. The van der Waals surface area contributed by atoms with Crippen LogP contribution in [-0.4, -0.2) is 52.8 Å². The summed E-state index contributed by atoms with van der Waals surface area (Å²) in [5.74, 6) is 1.00. The number of methoxy groups -OCH3 is 1. The molecule has 6 nitrogen and oxygen atoms in total. The third-order valence-corrected chi connectivity index (χ3v) is 4.28. The molecule has 7 heteroatoms. The molecule has 0 unspecified atom stereocenters. The van der Waals surface area contributed by atoms with Crippen molar-refractivity contribution in [3.05, 3.63) is 0 Å². The van der Waals surface area contributed by atoms with Crippen LogP contribution in [0.2, 0.25) is 0 Å². The van der Waals surface area contributed by atoms with E-state index in [1.165, 1.54) is 25.7 Å². The Kier molecular flexibility index (Phi) is 6.59. The van der Waals surface area contributed by atoms with Crippen molar-refractivity contribution in [2.45, 2.75) is 43.3 Å². The summed E-state index contributed by atoms with van der Waals surface area (Å²) >= 11 is 1.74. The van der Waals surface area contributed by atoms with Crippen LogP contribution in [0.15, 0.2) is 5.16 Å². The molecule has 1 saturated carbocycles. The first-order valence-corrected chi connectivity index (χ1v) is 8.00. The highest BCUT2D eigenvalue weighted by molar-refractivity contribution is 7.99. The van der Waals surface area contributed by atoms with E-state index in [-0.39, 0.29) is 0 Å². The average molecular weight is 285 g/mol. The van der Waals surface area contributed by atoms with Crippen molar-refractivity contribution >= 4 is 11.8 Å². The molecule has 0 aromatic carbocycles. The lowest BCUT2D eigenvalue weighted by molar-refractivity contribution is 0.194. The summed E-state index contributed by atoms with van der Waals surface area (Å²) in [6.07, 6.45) is 6.09. The summed E-state index contributed by atoms with van der Waals surface area (Å²) in [5, 5.41) is 16.4. The summed E-state index contributed by atoms with van der Waals surface area (Å²) < 4.78 is 7.02. The van der Waals surface area contributed by atoms with Crippen LogP contribution in [0.25, 0.3) is 0 Å². The Morgan fingerprint density at radius 3 is 3.00 bits per heavy atom. The molecule has 1 N–H and O–H groups in total. The van der Waals surface area contributed by atoms with Crippen LogP contribution in [0.5, 0.6) is 0 Å². The van der Waals surface area contributed by atoms with E-state index in [1.54, 1.807) is 18.9 Å². The molecule has 2 rings (SSSR count). The van der Waals surface area contributed by atoms with Gasteiger partial charge in [-0.1, -0.05) is 24.6 Å². The second-order valence-corrected chi connectivity index (χ2v) is 5.85. The minimum absolute atomic E-state index is 0.521. The molecule has 1 aliphatic rings. The first kappa shape index (κ1) is 14.7. The van der Waals surface area contributed by atoms with E-state index >= 15 is 0 Å². The third kappa shape index (κ3) is 4.74. The molecular formula is C12H23N5OS. The van der Waals surface area contributed by atoms with Crippen molar-refractivity contribution in [2.75, 3.05) is 32.6 Å². The number of rotatable bonds is 9. The molecule has 1 heterocycles. The third-order valence-electron chi connectivity index (χ3n) is 3.35. The number of hydrogen-bond acceptors (Lipinski definition) is 6. The maximum atomic E-state index is 5.00. The summed E-state index contributed by atoms with van der Waals surface area (Å²) in [6.45, 7) is 2.80. The molecule has 108 valence electrons. The number of nitrogens with zero attached hydrogens (tertiary/aromatic N) is 4. The largest absolute Gasteiger partial charge is 0.385 e. The molecule has 0 atom stereocenters. The fourth-order valence-electron chi connectivity index (χ4n) is 2.34. The van der Waals surface area contributed by atoms with Gasteiger partial charge in [0.05, 0.1) is 6.04 Å². The summed E-state index contributed by atoms with van der Waals surface area (Å²) in [7, 11) is 1.73. The highest BCUT2D eigenvalue weighted by atomic mass is 32.2. The second kappa shape index (κ2) is 8.50. The lowest BCUT2D eigenvalue weighted by Crippen LogP contribution is -2.19. The number of tetrazole rings is 1. The summed E-state index contributed by atoms with van der Waals surface area (Å²) in [4.78, 5) is 0. The highest BCUT2D eigenvalue weighted by Gasteiger charge is 2.21. The molecular weight excluding hydrogens is 262 g/mol. The van der Waals surface area contributed by atoms with Crippen LogP contribution in [0, 0.1) is 0 Å². The predicted octanol–water partition coefficient (Wildman–Crippen LogP) is 1.51. The van der Waals surface area contributed by atoms with Crippen molar-refractivity contribution in [1.82, 2.24) is 25.5 Å². The van der Waals surface area contributed by atoms with E-state index in [9.17, 15) is 0 Å². The molecule has 1 aromatic rings. The van der Waals surface area contributed by atoms with Crippen LogP contribution < -0.4 is 5.32 Å². The SMILES string of the molecule is COCCCNCCSc1nnnn1C1CCCC1. The average Bonchev–Trinajstić information content (AvgIpc) is 3.08. The summed E-state index contributed by atoms with van der Waals surface area (Å²) in [5.41, 5.74) is 0. The maximum Gasteiger partial charge on any atom is 0.209 e. The fourth-order valence-corrected chi connectivity index (χ4v) is 3.18. The van der Waals surface area contributed by atoms with E-state index in [2.05, 4.69) is 20.8 Å². The van der Waals surface area contributed by atoms with Gasteiger partial charge in [-0.25, -0.2) is 4.68 Å². The summed E-state index contributed by atoms with van der Waals surface area (Å²) in [6, 6.07) is 0.521. The maximum absolute atomic E-state index is 5.00. The van der Waals surface area contributed by atoms with Crippen molar-refractivity contribution in [3.8, 4) is 0 Å². The van der Waals surface area contributed by atoms with E-state index in [4.69, 9.17) is 4.74 Å². The Hall–Kier alpha value is -0.660. The Balaban J connectivity index is 1.64. The molecule has 19 heavy (non-hydrogen) atoms. The van der Waals surface area contributed by atoms with Gasteiger partial charge in [0.25, 0.3) is 0 Å². The Morgan fingerprint density at radius 1 is 1.37 bits per heavy atom. The van der Waals surface area contributed by atoms with Gasteiger partial charge < -0.3 is 10.1 Å². The molecule has 1 aromatic heterocycles. The lowest BCUT2D eigenvalue weighted by atomic mass is 10.3. The normalized spacial score (nSPS) is 16.3. The van der Waals surface area contributed by atoms with Crippen molar-refractivity contribution in [2.24, 2.45) is 0 Å². The smallest absolute Gasteiger partial charge is 0.209 e. The quantitative estimate of drug-likeness (QED) is 0.548.